The molecule has 0 saturated carbocycles. The van der Waals surface area contributed by atoms with E-state index in [9.17, 15) is 18.0 Å². The number of aromatic nitrogens is 2. The summed E-state index contributed by atoms with van der Waals surface area (Å²) in [6.07, 6.45) is -4.51. The van der Waals surface area contributed by atoms with Gasteiger partial charge >= 0.3 is 6.18 Å². The number of rotatable bonds is 4. The smallest absolute Gasteiger partial charge is 0.352 e. The molecule has 5 nitrogen and oxygen atoms in total. The van der Waals surface area contributed by atoms with E-state index in [2.05, 4.69) is 15.7 Å². The number of aryl methyl sites for hydroxylation is 2. The van der Waals surface area contributed by atoms with Gasteiger partial charge in [-0.2, -0.15) is 18.3 Å². The Morgan fingerprint density at radius 2 is 2.04 bits per heavy atom. The third-order valence-corrected chi connectivity index (χ3v) is 4.26. The summed E-state index contributed by atoms with van der Waals surface area (Å²) in [5.41, 5.74) is 1.11. The van der Waals surface area contributed by atoms with Crippen LogP contribution in [0.3, 0.4) is 0 Å². The van der Waals surface area contributed by atoms with E-state index in [0.717, 1.165) is 17.5 Å². The van der Waals surface area contributed by atoms with Crippen molar-refractivity contribution in [3.63, 3.8) is 0 Å². The van der Waals surface area contributed by atoms with Crippen LogP contribution in [-0.4, -0.2) is 28.8 Å². The van der Waals surface area contributed by atoms with Gasteiger partial charge in [-0.25, -0.2) is 4.68 Å². The summed E-state index contributed by atoms with van der Waals surface area (Å²) in [5.74, 6) is -0.391. The van der Waals surface area contributed by atoms with E-state index in [1.807, 2.05) is 0 Å². The number of hydrogen-bond donors (Lipinski definition) is 2. The van der Waals surface area contributed by atoms with Crippen LogP contribution in [0.2, 0.25) is 0 Å². The zero-order valence-electron chi connectivity index (χ0n) is 13.9. The lowest BCUT2D eigenvalue weighted by Crippen LogP contribution is -2.50. The van der Waals surface area contributed by atoms with E-state index in [0.29, 0.717) is 18.8 Å². The molecule has 2 heterocycles. The van der Waals surface area contributed by atoms with Gasteiger partial charge in [0.05, 0.1) is 22.9 Å². The van der Waals surface area contributed by atoms with Crippen LogP contribution >= 0.6 is 0 Å². The molecule has 2 N–H and O–H groups in total. The quantitative estimate of drug-likeness (QED) is 0.888. The lowest BCUT2D eigenvalue weighted by atomic mass is 10.0. The van der Waals surface area contributed by atoms with Gasteiger partial charge in [0.25, 0.3) is 0 Å². The average molecular weight is 352 g/mol. The summed E-state index contributed by atoms with van der Waals surface area (Å²) < 4.78 is 41.9. The monoisotopic (exact) mass is 352 g/mol. The van der Waals surface area contributed by atoms with Crippen molar-refractivity contribution in [1.29, 1.82) is 0 Å². The number of nitrogens with one attached hydrogen (secondary N) is 2. The van der Waals surface area contributed by atoms with Crippen molar-refractivity contribution in [1.82, 2.24) is 20.4 Å². The van der Waals surface area contributed by atoms with Crippen LogP contribution in [0.5, 0.6) is 0 Å². The average Bonchev–Trinajstić information content (AvgIpc) is 2.81. The topological polar surface area (TPSA) is 59.0 Å². The van der Waals surface area contributed by atoms with E-state index in [1.165, 1.54) is 10.7 Å². The number of benzene rings is 1. The molecule has 0 bridgehead atoms. The number of carbonyl (C=O) groups excluding carboxylic acids is 1. The summed E-state index contributed by atoms with van der Waals surface area (Å²) in [6.45, 7) is 4.55. The van der Waals surface area contributed by atoms with Crippen molar-refractivity contribution < 1.29 is 18.0 Å². The lowest BCUT2D eigenvalue weighted by Gasteiger charge is -2.26. The number of carbonyl (C=O) groups is 1. The van der Waals surface area contributed by atoms with E-state index in [1.54, 1.807) is 26.0 Å². The largest absolute Gasteiger partial charge is 0.416 e. The summed E-state index contributed by atoms with van der Waals surface area (Å²) in [4.78, 5) is 11.8. The first-order valence-electron chi connectivity index (χ1n) is 7.98. The second-order valence-electron chi connectivity index (χ2n) is 6.25. The Morgan fingerprint density at radius 3 is 2.56 bits per heavy atom. The zero-order chi connectivity index (χ0) is 18.2. The first-order valence-corrected chi connectivity index (χ1v) is 7.98. The van der Waals surface area contributed by atoms with Crippen molar-refractivity contribution in [2.45, 2.75) is 26.6 Å². The summed E-state index contributed by atoms with van der Waals surface area (Å²) in [7, 11) is 0. The maximum Gasteiger partial charge on any atom is 0.416 e. The molecule has 1 aliphatic rings. The van der Waals surface area contributed by atoms with Crippen LogP contribution in [0.15, 0.2) is 24.3 Å². The van der Waals surface area contributed by atoms with Gasteiger partial charge < -0.3 is 10.6 Å². The predicted octanol–water partition coefficient (Wildman–Crippen LogP) is 2.34. The highest BCUT2D eigenvalue weighted by atomic mass is 19.4. The van der Waals surface area contributed by atoms with Gasteiger partial charge in [-0.1, -0.05) is 6.07 Å². The number of alkyl halides is 3. The van der Waals surface area contributed by atoms with Crippen LogP contribution in [0, 0.1) is 19.8 Å². The van der Waals surface area contributed by atoms with Gasteiger partial charge in [0.1, 0.15) is 0 Å². The van der Waals surface area contributed by atoms with E-state index in [-0.39, 0.29) is 23.9 Å². The molecule has 0 radical (unpaired) electrons. The Labute approximate surface area is 143 Å². The van der Waals surface area contributed by atoms with Gasteiger partial charge in [0, 0.05) is 25.3 Å². The predicted molar refractivity (Wildman–Crippen MR) is 86.2 cm³/mol. The maximum absolute atomic E-state index is 13.5. The highest BCUT2D eigenvalue weighted by Gasteiger charge is 2.34. The standard InChI is InChI=1S/C17H19F3N4O/c1-10-5-11(2)24(23-10)14-4-3-12(15(6-14)17(18,19)20)9-22-16(25)13-7-21-8-13/h3-6,13,21H,7-9H2,1-2H3,(H,22,25). The Kier molecular flexibility index (Phi) is 4.55. The number of hydrogen-bond acceptors (Lipinski definition) is 3. The summed E-state index contributed by atoms with van der Waals surface area (Å²) in [5, 5.41) is 9.77. The molecule has 1 amide bonds. The molecule has 1 aromatic carbocycles. The van der Waals surface area contributed by atoms with E-state index >= 15 is 0 Å². The minimum Gasteiger partial charge on any atom is -0.352 e. The van der Waals surface area contributed by atoms with Gasteiger partial charge in [0.2, 0.25) is 5.91 Å². The highest BCUT2D eigenvalue weighted by molar-refractivity contribution is 5.80. The van der Waals surface area contributed by atoms with Crippen molar-refractivity contribution in [2.75, 3.05) is 13.1 Å². The molecule has 0 spiro atoms. The van der Waals surface area contributed by atoms with Crippen LogP contribution < -0.4 is 10.6 Å². The van der Waals surface area contributed by atoms with E-state index < -0.39 is 11.7 Å². The second-order valence-corrected chi connectivity index (χ2v) is 6.25. The third-order valence-electron chi connectivity index (χ3n) is 4.26. The fourth-order valence-electron chi connectivity index (χ4n) is 2.81. The zero-order valence-corrected chi connectivity index (χ0v) is 13.9. The van der Waals surface area contributed by atoms with Crippen molar-refractivity contribution >= 4 is 5.91 Å². The highest BCUT2D eigenvalue weighted by Crippen LogP contribution is 2.33. The summed E-state index contributed by atoms with van der Waals surface area (Å²) in [6, 6.07) is 5.86. The van der Waals surface area contributed by atoms with Crippen molar-refractivity contribution in [3.05, 3.63) is 46.8 Å². The van der Waals surface area contributed by atoms with Gasteiger partial charge in [-0.3, -0.25) is 4.79 Å². The molecular weight excluding hydrogens is 333 g/mol. The van der Waals surface area contributed by atoms with E-state index in [4.69, 9.17) is 0 Å². The first-order chi connectivity index (χ1) is 11.8. The van der Waals surface area contributed by atoms with Crippen LogP contribution in [0.4, 0.5) is 13.2 Å². The second kappa shape index (κ2) is 6.51. The minimum atomic E-state index is -4.51. The molecule has 0 atom stereocenters. The third kappa shape index (κ3) is 3.68. The van der Waals surface area contributed by atoms with Crippen molar-refractivity contribution in [3.8, 4) is 5.69 Å². The minimum absolute atomic E-state index is 0.0402. The molecule has 134 valence electrons. The molecule has 1 aromatic heterocycles. The molecule has 25 heavy (non-hydrogen) atoms. The SMILES string of the molecule is Cc1cc(C)n(-c2ccc(CNC(=O)C3CNC3)c(C(F)(F)F)c2)n1. The Balaban J connectivity index is 1.87. The van der Waals surface area contributed by atoms with Gasteiger partial charge in [-0.15, -0.1) is 0 Å². The van der Waals surface area contributed by atoms with Crippen LogP contribution in [0.1, 0.15) is 22.5 Å². The Bertz CT molecular complexity index is 794. The molecular formula is C17H19F3N4O. The number of amides is 1. The van der Waals surface area contributed by atoms with Gasteiger partial charge in [-0.05, 0) is 37.6 Å². The Hall–Kier alpha value is -2.35. The molecule has 0 aliphatic carbocycles. The fraction of sp³-hybridized carbons (Fsp3) is 0.412. The molecule has 1 saturated heterocycles. The number of nitrogens with zero attached hydrogens (tertiary/aromatic N) is 2. The molecule has 3 rings (SSSR count). The number of halogens is 3. The fourth-order valence-corrected chi connectivity index (χ4v) is 2.81. The van der Waals surface area contributed by atoms with Crippen LogP contribution in [0.25, 0.3) is 5.69 Å². The summed E-state index contributed by atoms with van der Waals surface area (Å²) >= 11 is 0. The molecule has 2 aromatic rings. The first kappa shape index (κ1) is 17.5. The van der Waals surface area contributed by atoms with Crippen LogP contribution in [-0.2, 0) is 17.5 Å². The molecule has 0 unspecified atom stereocenters. The molecule has 1 aliphatic heterocycles. The molecule has 1 fully saturated rings. The van der Waals surface area contributed by atoms with Gasteiger partial charge in [0.15, 0.2) is 0 Å². The maximum atomic E-state index is 13.5. The molecule has 8 heteroatoms. The van der Waals surface area contributed by atoms with Crippen molar-refractivity contribution in [2.24, 2.45) is 5.92 Å². The Morgan fingerprint density at radius 1 is 1.32 bits per heavy atom. The lowest BCUT2D eigenvalue weighted by molar-refractivity contribution is -0.138. The normalized spacial score (nSPS) is 15.1.